The highest BCUT2D eigenvalue weighted by atomic mass is 16.1. The molecule has 0 aromatic rings. The number of hydrogen-bond donors (Lipinski definition) is 0. The predicted octanol–water partition coefficient (Wildman–Crippen LogP) is 2.79. The molecule has 1 nitrogen and oxygen atoms in total. The Balaban J connectivity index is 1.79. The molecule has 2 aliphatic carbocycles. The van der Waals surface area contributed by atoms with E-state index in [-0.39, 0.29) is 0 Å². The molecule has 2 saturated carbocycles. The number of Topliss-reactive ketones (excluding diaryl/α,β-unsaturated/α-hetero) is 1. The van der Waals surface area contributed by atoms with Gasteiger partial charge in [0.1, 0.15) is 5.78 Å². The molecule has 2 fully saturated rings. The van der Waals surface area contributed by atoms with Crippen LogP contribution in [0.1, 0.15) is 45.4 Å². The summed E-state index contributed by atoms with van der Waals surface area (Å²) < 4.78 is 0. The summed E-state index contributed by atoms with van der Waals surface area (Å²) in [5, 5.41) is 0. The van der Waals surface area contributed by atoms with Crippen LogP contribution in [0.25, 0.3) is 0 Å². The maximum atomic E-state index is 10.8. The summed E-state index contributed by atoms with van der Waals surface area (Å²) >= 11 is 0. The second-order valence-electron chi connectivity index (χ2n) is 4.68. The highest BCUT2D eigenvalue weighted by molar-refractivity contribution is 5.75. The topological polar surface area (TPSA) is 17.1 Å². The molecular weight excluding hydrogens is 148 g/mol. The van der Waals surface area contributed by atoms with Crippen LogP contribution in [0, 0.1) is 17.8 Å². The molecular formula is C11H18O. The van der Waals surface area contributed by atoms with Crippen molar-refractivity contribution in [2.45, 2.75) is 45.4 Å². The van der Waals surface area contributed by atoms with Gasteiger partial charge in [0.25, 0.3) is 0 Å². The van der Waals surface area contributed by atoms with Crippen molar-refractivity contribution in [1.82, 2.24) is 0 Å². The molecule has 2 bridgehead atoms. The summed E-state index contributed by atoms with van der Waals surface area (Å²) in [5.74, 6) is 3.31. The minimum absolute atomic E-state index is 0.373. The molecule has 3 atom stereocenters. The van der Waals surface area contributed by atoms with Crippen molar-refractivity contribution in [3.63, 3.8) is 0 Å². The monoisotopic (exact) mass is 166 g/mol. The number of carbonyl (C=O) groups excluding carboxylic acids is 1. The summed E-state index contributed by atoms with van der Waals surface area (Å²) in [6, 6.07) is 0. The zero-order valence-electron chi connectivity index (χ0n) is 7.88. The molecule has 0 saturated heterocycles. The van der Waals surface area contributed by atoms with Crippen LogP contribution in [-0.2, 0) is 4.79 Å². The quantitative estimate of drug-likeness (QED) is 0.630. The molecule has 12 heavy (non-hydrogen) atoms. The molecule has 0 N–H and O–H groups in total. The normalized spacial score (nSPS) is 38.9. The lowest BCUT2D eigenvalue weighted by Crippen LogP contribution is -2.11. The van der Waals surface area contributed by atoms with Crippen LogP contribution in [0.15, 0.2) is 0 Å². The molecule has 2 aliphatic rings. The fourth-order valence-electron chi connectivity index (χ4n) is 3.12. The Morgan fingerprint density at radius 2 is 2.17 bits per heavy atom. The Labute approximate surface area is 74.5 Å². The predicted molar refractivity (Wildman–Crippen MR) is 48.9 cm³/mol. The van der Waals surface area contributed by atoms with E-state index in [9.17, 15) is 4.79 Å². The Kier molecular flexibility index (Phi) is 2.20. The first kappa shape index (κ1) is 8.28. The van der Waals surface area contributed by atoms with E-state index in [0.717, 1.165) is 24.2 Å². The Bertz CT molecular complexity index is 185. The molecule has 0 heterocycles. The third-order valence-electron chi connectivity index (χ3n) is 3.75. The summed E-state index contributed by atoms with van der Waals surface area (Å²) in [7, 11) is 0. The summed E-state index contributed by atoms with van der Waals surface area (Å²) in [6.45, 7) is 1.72. The van der Waals surface area contributed by atoms with E-state index in [1.807, 2.05) is 0 Å². The third-order valence-corrected chi connectivity index (χ3v) is 3.75. The SMILES string of the molecule is CC(=O)CCC1CC2CCC1C2. The fraction of sp³-hybridized carbons (Fsp3) is 0.909. The van der Waals surface area contributed by atoms with E-state index in [1.165, 1.54) is 32.1 Å². The van der Waals surface area contributed by atoms with Gasteiger partial charge in [0.15, 0.2) is 0 Å². The van der Waals surface area contributed by atoms with Gasteiger partial charge in [0.05, 0.1) is 0 Å². The smallest absolute Gasteiger partial charge is 0.129 e. The van der Waals surface area contributed by atoms with Crippen molar-refractivity contribution < 1.29 is 4.79 Å². The molecule has 3 unspecified atom stereocenters. The third kappa shape index (κ3) is 1.55. The van der Waals surface area contributed by atoms with E-state index in [4.69, 9.17) is 0 Å². The second kappa shape index (κ2) is 3.20. The molecule has 0 aromatic heterocycles. The molecule has 0 spiro atoms. The lowest BCUT2D eigenvalue weighted by molar-refractivity contribution is -0.117. The van der Waals surface area contributed by atoms with Crippen molar-refractivity contribution in [3.8, 4) is 0 Å². The standard InChI is InChI=1S/C11H18O/c1-8(12)2-4-10-6-9-3-5-11(10)7-9/h9-11H,2-7H2,1H3. The lowest BCUT2D eigenvalue weighted by Gasteiger charge is -2.20. The van der Waals surface area contributed by atoms with Gasteiger partial charge in [-0.1, -0.05) is 6.42 Å². The maximum Gasteiger partial charge on any atom is 0.129 e. The van der Waals surface area contributed by atoms with Crippen LogP contribution >= 0.6 is 0 Å². The average molecular weight is 166 g/mol. The zero-order valence-corrected chi connectivity index (χ0v) is 7.88. The Morgan fingerprint density at radius 1 is 1.33 bits per heavy atom. The highest BCUT2D eigenvalue weighted by Crippen LogP contribution is 2.49. The molecule has 68 valence electrons. The first-order chi connectivity index (χ1) is 5.75. The van der Waals surface area contributed by atoms with E-state index in [2.05, 4.69) is 0 Å². The van der Waals surface area contributed by atoms with Crippen LogP contribution in [-0.4, -0.2) is 5.78 Å². The number of rotatable bonds is 3. The van der Waals surface area contributed by atoms with Crippen molar-refractivity contribution in [2.24, 2.45) is 17.8 Å². The van der Waals surface area contributed by atoms with Crippen molar-refractivity contribution in [3.05, 3.63) is 0 Å². The maximum absolute atomic E-state index is 10.8. The van der Waals surface area contributed by atoms with Gasteiger partial charge in [0.2, 0.25) is 0 Å². The van der Waals surface area contributed by atoms with Gasteiger partial charge in [-0.2, -0.15) is 0 Å². The second-order valence-corrected chi connectivity index (χ2v) is 4.68. The van der Waals surface area contributed by atoms with Crippen LogP contribution in [0.4, 0.5) is 0 Å². The Morgan fingerprint density at radius 3 is 2.67 bits per heavy atom. The van der Waals surface area contributed by atoms with E-state index >= 15 is 0 Å². The highest BCUT2D eigenvalue weighted by Gasteiger charge is 2.38. The molecule has 0 amide bonds. The molecule has 1 heteroatoms. The Hall–Kier alpha value is -0.330. The fourth-order valence-corrected chi connectivity index (χ4v) is 3.12. The summed E-state index contributed by atoms with van der Waals surface area (Å²) in [5.41, 5.74) is 0. The zero-order chi connectivity index (χ0) is 8.55. The van der Waals surface area contributed by atoms with Crippen molar-refractivity contribution in [2.75, 3.05) is 0 Å². The molecule has 0 aliphatic heterocycles. The van der Waals surface area contributed by atoms with E-state index in [1.54, 1.807) is 6.92 Å². The van der Waals surface area contributed by atoms with Crippen LogP contribution < -0.4 is 0 Å². The van der Waals surface area contributed by atoms with Crippen molar-refractivity contribution in [1.29, 1.82) is 0 Å². The van der Waals surface area contributed by atoms with Gasteiger partial charge >= 0.3 is 0 Å². The van der Waals surface area contributed by atoms with Crippen LogP contribution in [0.5, 0.6) is 0 Å². The van der Waals surface area contributed by atoms with E-state index in [0.29, 0.717) is 5.78 Å². The van der Waals surface area contributed by atoms with Gasteiger partial charge in [0, 0.05) is 6.42 Å². The number of fused-ring (bicyclic) bond motifs is 2. The van der Waals surface area contributed by atoms with Crippen LogP contribution in [0.2, 0.25) is 0 Å². The van der Waals surface area contributed by atoms with Gasteiger partial charge in [-0.3, -0.25) is 0 Å². The van der Waals surface area contributed by atoms with Gasteiger partial charge in [-0.25, -0.2) is 0 Å². The minimum atomic E-state index is 0.373. The lowest BCUT2D eigenvalue weighted by atomic mass is 9.85. The van der Waals surface area contributed by atoms with E-state index < -0.39 is 0 Å². The number of carbonyl (C=O) groups is 1. The molecule has 0 aromatic carbocycles. The first-order valence-electron chi connectivity index (χ1n) is 5.25. The number of ketones is 1. The molecule has 2 rings (SSSR count). The summed E-state index contributed by atoms with van der Waals surface area (Å²) in [6.07, 6.45) is 7.83. The largest absolute Gasteiger partial charge is 0.300 e. The van der Waals surface area contributed by atoms with Crippen molar-refractivity contribution >= 4 is 5.78 Å². The van der Waals surface area contributed by atoms with Gasteiger partial charge in [-0.15, -0.1) is 0 Å². The first-order valence-corrected chi connectivity index (χ1v) is 5.25. The van der Waals surface area contributed by atoms with Gasteiger partial charge < -0.3 is 4.79 Å². The van der Waals surface area contributed by atoms with Gasteiger partial charge in [-0.05, 0) is 50.4 Å². The average Bonchev–Trinajstić information content (AvgIpc) is 2.60. The minimum Gasteiger partial charge on any atom is -0.300 e. The summed E-state index contributed by atoms with van der Waals surface area (Å²) in [4.78, 5) is 10.8. The van der Waals surface area contributed by atoms with Crippen LogP contribution in [0.3, 0.4) is 0 Å². The molecule has 0 radical (unpaired) electrons. The number of hydrogen-bond acceptors (Lipinski definition) is 1.